The highest BCUT2D eigenvalue weighted by Crippen LogP contribution is 2.32. The summed E-state index contributed by atoms with van der Waals surface area (Å²) in [6.45, 7) is 5.20. The van der Waals surface area contributed by atoms with Crippen molar-refractivity contribution in [2.24, 2.45) is 0 Å². The van der Waals surface area contributed by atoms with Gasteiger partial charge >= 0.3 is 12.0 Å². The maximum atomic E-state index is 11.9. The maximum absolute atomic E-state index is 11.9. The maximum Gasteiger partial charge on any atom is 0.341 e. The Morgan fingerprint density at radius 2 is 1.86 bits per heavy atom. The largest absolute Gasteiger partial charge is 0.465 e. The van der Waals surface area contributed by atoms with Gasteiger partial charge in [-0.1, -0.05) is 0 Å². The van der Waals surface area contributed by atoms with Crippen LogP contribution in [0.5, 0.6) is 0 Å². The lowest BCUT2D eigenvalue weighted by Gasteiger charge is -2.13. The molecule has 0 fully saturated rings. The average Bonchev–Trinajstić information content (AvgIpc) is 2.71. The number of hydrogen-bond donors (Lipinski definition) is 3. The number of ether oxygens (including phenoxy) is 1. The van der Waals surface area contributed by atoms with Gasteiger partial charge in [-0.25, -0.2) is 9.59 Å². The van der Waals surface area contributed by atoms with Gasteiger partial charge in [0.25, 0.3) is 0 Å². The Morgan fingerprint density at radius 3 is 2.38 bits per heavy atom. The molecule has 0 aromatic carbocycles. The number of anilines is 1. The van der Waals surface area contributed by atoms with E-state index in [1.165, 1.54) is 25.5 Å². The van der Waals surface area contributed by atoms with Crippen molar-refractivity contribution < 1.29 is 19.1 Å². The van der Waals surface area contributed by atoms with E-state index in [9.17, 15) is 14.4 Å². The predicted molar refractivity (Wildman–Crippen MR) is 80.8 cm³/mol. The van der Waals surface area contributed by atoms with E-state index in [4.69, 9.17) is 4.74 Å². The normalized spacial score (nSPS) is 11.5. The van der Waals surface area contributed by atoms with Crippen LogP contribution in [-0.2, 0) is 9.53 Å². The van der Waals surface area contributed by atoms with Crippen LogP contribution >= 0.6 is 11.3 Å². The molecule has 0 saturated carbocycles. The SMILES string of the molecule is CNC(=O)C(C)NC(=O)Nc1sc(C)c(C)c1C(=O)OC. The van der Waals surface area contributed by atoms with Gasteiger partial charge in [-0.15, -0.1) is 11.3 Å². The van der Waals surface area contributed by atoms with Crippen LogP contribution in [0.2, 0.25) is 0 Å². The van der Waals surface area contributed by atoms with Crippen molar-refractivity contribution in [3.8, 4) is 0 Å². The van der Waals surface area contributed by atoms with E-state index in [2.05, 4.69) is 16.0 Å². The van der Waals surface area contributed by atoms with E-state index < -0.39 is 18.0 Å². The average molecular weight is 313 g/mol. The minimum Gasteiger partial charge on any atom is -0.465 e. The second kappa shape index (κ2) is 7.07. The summed E-state index contributed by atoms with van der Waals surface area (Å²) in [6.07, 6.45) is 0. The summed E-state index contributed by atoms with van der Waals surface area (Å²) in [6, 6.07) is -1.24. The zero-order chi connectivity index (χ0) is 16.2. The molecule has 3 N–H and O–H groups in total. The molecule has 1 aromatic heterocycles. The number of amides is 3. The fourth-order valence-corrected chi connectivity index (χ4v) is 2.72. The first-order valence-corrected chi connectivity index (χ1v) is 7.10. The minimum absolute atomic E-state index is 0.308. The molecule has 8 heteroatoms. The number of carbonyl (C=O) groups excluding carboxylic acids is 3. The Balaban J connectivity index is 2.88. The first-order chi connectivity index (χ1) is 9.81. The van der Waals surface area contributed by atoms with Gasteiger partial charge in [0.15, 0.2) is 0 Å². The van der Waals surface area contributed by atoms with Crippen LogP contribution < -0.4 is 16.0 Å². The summed E-state index contributed by atoms with van der Waals surface area (Å²) in [5.74, 6) is -0.816. The third-order valence-corrected chi connectivity index (χ3v) is 4.11. The minimum atomic E-state index is -0.682. The Kier molecular flexibility index (Phi) is 5.71. The molecule has 1 rings (SSSR count). The number of esters is 1. The molecule has 0 saturated heterocycles. The van der Waals surface area contributed by atoms with Crippen molar-refractivity contribution in [3.05, 3.63) is 16.0 Å². The van der Waals surface area contributed by atoms with Gasteiger partial charge in [-0.05, 0) is 26.3 Å². The van der Waals surface area contributed by atoms with Crippen LogP contribution in [0.4, 0.5) is 9.80 Å². The molecule has 0 aliphatic carbocycles. The van der Waals surface area contributed by atoms with E-state index in [0.29, 0.717) is 10.6 Å². The van der Waals surface area contributed by atoms with Crippen LogP contribution in [-0.4, -0.2) is 38.1 Å². The van der Waals surface area contributed by atoms with Gasteiger partial charge in [0.05, 0.1) is 12.7 Å². The van der Waals surface area contributed by atoms with Crippen molar-refractivity contribution in [2.45, 2.75) is 26.8 Å². The monoisotopic (exact) mass is 313 g/mol. The topological polar surface area (TPSA) is 96.5 Å². The molecule has 1 aromatic rings. The molecule has 1 heterocycles. The molecular formula is C13H19N3O4S. The number of urea groups is 1. The Bertz CT molecular complexity index is 568. The molecule has 0 aliphatic rings. The van der Waals surface area contributed by atoms with Crippen LogP contribution in [0.1, 0.15) is 27.7 Å². The predicted octanol–water partition coefficient (Wildman–Crippen LogP) is 1.41. The van der Waals surface area contributed by atoms with Gasteiger partial charge in [0, 0.05) is 11.9 Å². The molecule has 116 valence electrons. The van der Waals surface area contributed by atoms with Gasteiger partial charge < -0.3 is 15.4 Å². The van der Waals surface area contributed by atoms with Crippen LogP contribution in [0.15, 0.2) is 0 Å². The van der Waals surface area contributed by atoms with Crippen LogP contribution in [0.25, 0.3) is 0 Å². The highest BCUT2D eigenvalue weighted by Gasteiger charge is 2.22. The third kappa shape index (κ3) is 3.94. The number of rotatable bonds is 4. The highest BCUT2D eigenvalue weighted by molar-refractivity contribution is 7.16. The number of thiophene rings is 1. The Morgan fingerprint density at radius 1 is 1.24 bits per heavy atom. The second-order valence-corrected chi connectivity index (χ2v) is 5.64. The third-order valence-electron chi connectivity index (χ3n) is 2.99. The van der Waals surface area contributed by atoms with Crippen molar-refractivity contribution in [1.29, 1.82) is 0 Å². The highest BCUT2D eigenvalue weighted by atomic mass is 32.1. The fraction of sp³-hybridized carbons (Fsp3) is 0.462. The molecular weight excluding hydrogens is 294 g/mol. The summed E-state index contributed by atoms with van der Waals surface area (Å²) < 4.78 is 4.72. The molecule has 3 amide bonds. The summed E-state index contributed by atoms with van der Waals surface area (Å²) in [5.41, 5.74) is 1.10. The van der Waals surface area contributed by atoms with Gasteiger partial charge in [-0.3, -0.25) is 10.1 Å². The van der Waals surface area contributed by atoms with E-state index in [0.717, 1.165) is 10.4 Å². The summed E-state index contributed by atoms with van der Waals surface area (Å²) >= 11 is 1.28. The smallest absolute Gasteiger partial charge is 0.341 e. The van der Waals surface area contributed by atoms with Gasteiger partial charge in [0.2, 0.25) is 5.91 Å². The first-order valence-electron chi connectivity index (χ1n) is 6.29. The van der Waals surface area contributed by atoms with Crippen LogP contribution in [0, 0.1) is 13.8 Å². The molecule has 21 heavy (non-hydrogen) atoms. The number of nitrogens with one attached hydrogen (secondary N) is 3. The molecule has 0 bridgehead atoms. The molecule has 1 atom stereocenters. The number of hydrogen-bond acceptors (Lipinski definition) is 5. The van der Waals surface area contributed by atoms with E-state index in [-0.39, 0.29) is 5.91 Å². The number of methoxy groups -OCH3 is 1. The van der Waals surface area contributed by atoms with Gasteiger partial charge in [0.1, 0.15) is 11.0 Å². The van der Waals surface area contributed by atoms with Crippen LogP contribution in [0.3, 0.4) is 0 Å². The zero-order valence-corrected chi connectivity index (χ0v) is 13.4. The molecule has 1 unspecified atom stereocenters. The Hall–Kier alpha value is -2.09. The second-order valence-electron chi connectivity index (χ2n) is 4.41. The lowest BCUT2D eigenvalue weighted by molar-refractivity contribution is -0.122. The number of carbonyl (C=O) groups is 3. The first kappa shape index (κ1) is 17.0. The number of likely N-dealkylation sites (N-methyl/N-ethyl adjacent to an activating group) is 1. The number of aryl methyl sites for hydroxylation is 1. The lowest BCUT2D eigenvalue weighted by Crippen LogP contribution is -2.45. The quantitative estimate of drug-likeness (QED) is 0.732. The van der Waals surface area contributed by atoms with Crippen molar-refractivity contribution in [1.82, 2.24) is 10.6 Å². The summed E-state index contributed by atoms with van der Waals surface area (Å²) in [4.78, 5) is 35.9. The standard InChI is InChI=1S/C13H19N3O4S/c1-6-8(3)21-11(9(6)12(18)20-5)16-13(19)15-7(2)10(17)14-4/h7H,1-5H3,(H,14,17)(H2,15,16,19). The van der Waals surface area contributed by atoms with E-state index in [1.807, 2.05) is 6.92 Å². The van der Waals surface area contributed by atoms with Crippen molar-refractivity contribution in [3.63, 3.8) is 0 Å². The summed E-state index contributed by atoms with van der Waals surface area (Å²) in [5, 5.41) is 7.90. The van der Waals surface area contributed by atoms with E-state index in [1.54, 1.807) is 13.8 Å². The van der Waals surface area contributed by atoms with Crippen molar-refractivity contribution >= 4 is 34.2 Å². The molecule has 0 aliphatic heterocycles. The molecule has 0 radical (unpaired) electrons. The van der Waals surface area contributed by atoms with Gasteiger partial charge in [-0.2, -0.15) is 0 Å². The molecule has 7 nitrogen and oxygen atoms in total. The Labute approximate surface area is 127 Å². The fourth-order valence-electron chi connectivity index (χ4n) is 1.68. The van der Waals surface area contributed by atoms with Crippen molar-refractivity contribution in [2.75, 3.05) is 19.5 Å². The summed E-state index contributed by atoms with van der Waals surface area (Å²) in [7, 11) is 2.77. The molecule has 0 spiro atoms. The zero-order valence-electron chi connectivity index (χ0n) is 12.6. The van der Waals surface area contributed by atoms with E-state index >= 15 is 0 Å². The lowest BCUT2D eigenvalue weighted by atomic mass is 10.1.